The first-order valence-corrected chi connectivity index (χ1v) is 1.22. The summed E-state index contributed by atoms with van der Waals surface area (Å²) in [5, 5.41) is 0. The maximum atomic E-state index is 8.40. The van der Waals surface area contributed by atoms with E-state index in [-0.39, 0.29) is 86.4 Å². The van der Waals surface area contributed by atoms with Gasteiger partial charge in [0, 0.05) is 0 Å². The Morgan fingerprint density at radius 1 is 0.857 bits per heavy atom. The Morgan fingerprint density at radius 2 is 0.857 bits per heavy atom. The van der Waals surface area contributed by atoms with Gasteiger partial charge in [-0.2, -0.15) is 0 Å². The van der Waals surface area contributed by atoms with Gasteiger partial charge in [0.05, 0.1) is 0 Å². The predicted octanol–water partition coefficient (Wildman–Crippen LogP) is -1.62. The molecule has 0 fully saturated rings. The van der Waals surface area contributed by atoms with Gasteiger partial charge in [-0.15, -0.1) is 0 Å². The smallest absolute Gasteiger partial charge is 2.00 e. The van der Waals surface area contributed by atoms with E-state index in [2.05, 4.69) is 0 Å². The molecule has 0 spiro atoms. The van der Waals surface area contributed by atoms with Gasteiger partial charge in [0.1, 0.15) is 0 Å². The van der Waals surface area contributed by atoms with Crippen LogP contribution in [0.25, 0.3) is 0 Å². The minimum Gasteiger partial charge on any atom is -2.00 e. The molecule has 0 unspecified atom stereocenters. The molecule has 7 heteroatoms. The summed E-state index contributed by atoms with van der Waals surface area (Å²) >= 11 is 0. The molecule has 0 aliphatic heterocycles. The van der Waals surface area contributed by atoms with Gasteiger partial charge in [-0.05, 0) is 0 Å². The van der Waals surface area contributed by atoms with Gasteiger partial charge in [0.25, 0.3) is 0 Å². The van der Waals surface area contributed by atoms with Crippen molar-refractivity contribution in [2.24, 2.45) is 0 Å². The van der Waals surface area contributed by atoms with Crippen molar-refractivity contribution in [3.8, 4) is 0 Å². The van der Waals surface area contributed by atoms with Crippen LogP contribution in [0.4, 0.5) is 0 Å². The van der Waals surface area contributed by atoms with Crippen molar-refractivity contribution in [2.45, 2.75) is 0 Å². The van der Waals surface area contributed by atoms with Crippen LogP contribution in [0.2, 0.25) is 0 Å². The van der Waals surface area contributed by atoms with Gasteiger partial charge in [0.15, 0.2) is 0 Å². The molecule has 0 saturated heterocycles. The Bertz CT molecular complexity index is 30.7. The van der Waals surface area contributed by atoms with Crippen molar-refractivity contribution in [2.75, 3.05) is 0 Å². The van der Waals surface area contributed by atoms with Gasteiger partial charge in [-0.3, -0.25) is 8.92 Å². The molecule has 0 amide bonds. The van der Waals surface area contributed by atoms with Crippen molar-refractivity contribution in [3.63, 3.8) is 0 Å². The van der Waals surface area contributed by atoms with Crippen molar-refractivity contribution < 1.29 is 19.9 Å². The molecule has 0 bridgehead atoms. The van der Waals surface area contributed by atoms with Crippen molar-refractivity contribution in [1.82, 2.24) is 0 Å². The van der Waals surface area contributed by atoms with Gasteiger partial charge in [-0.1, -0.05) is 0 Å². The Kier molecular flexibility index (Phi) is 204. The number of hydrogen-bond acceptors (Lipinski definition) is 2. The van der Waals surface area contributed by atoms with Crippen LogP contribution in [0.15, 0.2) is 0 Å². The molecule has 0 N–H and O–H groups in total. The van der Waals surface area contributed by atoms with Crippen LogP contribution in [-0.2, 0) is 19.9 Å². The first-order valence-electron chi connectivity index (χ1n) is 0.408. The third-order valence-corrected chi connectivity index (χ3v) is 0. The van der Waals surface area contributed by atoms with E-state index in [9.17, 15) is 0 Å². The molecule has 0 aromatic rings. The largest absolute Gasteiger partial charge is 2.00 e. The Morgan fingerprint density at radius 3 is 0.857 bits per heavy atom. The predicted molar refractivity (Wildman–Crippen MR) is 20.0 cm³/mol. The first-order chi connectivity index (χ1) is 1.41. The number of hydrogen-bond donors (Lipinski definition) is 0. The van der Waals surface area contributed by atoms with E-state index in [1.807, 2.05) is 0 Å². The molecule has 0 heterocycles. The molecule has 32 valence electrons. The molecule has 0 rings (SSSR count). The third kappa shape index (κ3) is 63.5. The summed E-state index contributed by atoms with van der Waals surface area (Å²) in [7, 11) is -1.42. The summed E-state index contributed by atoms with van der Waals surface area (Å²) in [6.45, 7) is 0. The molecule has 0 aliphatic carbocycles. The first kappa shape index (κ1) is 34.8. The van der Waals surface area contributed by atoms with Crippen LogP contribution in [0.5, 0.6) is 0 Å². The van der Waals surface area contributed by atoms with Crippen LogP contribution in [0.3, 0.4) is 0 Å². The minimum atomic E-state index is -1.42. The summed E-state index contributed by atoms with van der Waals surface area (Å²) in [4.78, 5) is 0. The minimum absolute atomic E-state index is 0. The Labute approximate surface area is 103 Å². The molecule has 0 aliphatic rings. The summed E-state index contributed by atoms with van der Waals surface area (Å²) in [6, 6.07) is 0. The third-order valence-electron chi connectivity index (χ3n) is 0. The Balaban J connectivity index is -0.00000000333. The van der Waals surface area contributed by atoms with Crippen molar-refractivity contribution in [1.29, 1.82) is 0 Å². The van der Waals surface area contributed by atoms with E-state index < -0.39 is 9.29 Å². The van der Waals surface area contributed by atoms with Gasteiger partial charge < -0.3 is 11.0 Å². The van der Waals surface area contributed by atoms with E-state index in [4.69, 9.17) is 8.92 Å². The van der Waals surface area contributed by atoms with Crippen LogP contribution in [0.1, 0.15) is 0 Å². The SMILES string of the molecule is O=[Si]=O.[Ca+2].[Ca+2].[O-2].[O-2]. The second-order valence-electron chi connectivity index (χ2n) is 0.0833. The van der Waals surface area contributed by atoms with Gasteiger partial charge in [0.2, 0.25) is 0 Å². The van der Waals surface area contributed by atoms with Crippen molar-refractivity contribution >= 4 is 84.8 Å². The fourth-order valence-electron chi connectivity index (χ4n) is 0. The summed E-state index contributed by atoms with van der Waals surface area (Å²) in [5.41, 5.74) is 0. The summed E-state index contributed by atoms with van der Waals surface area (Å²) in [5.74, 6) is 0. The normalized spacial score (nSPS) is 1.14. The monoisotopic (exact) mass is 172 g/mol. The van der Waals surface area contributed by atoms with Crippen molar-refractivity contribution in [3.05, 3.63) is 0 Å². The molecular weight excluding hydrogens is 172 g/mol. The maximum Gasteiger partial charge on any atom is 2.00 e. The van der Waals surface area contributed by atoms with Crippen LogP contribution in [-0.4, -0.2) is 84.8 Å². The maximum absolute atomic E-state index is 8.40. The molecule has 0 saturated carbocycles. The standard InChI is InChI=1S/2Ca.O2Si.2O/c;;1-3-2;;/q2*+2;;2*-2. The molecule has 0 aromatic heterocycles. The fourth-order valence-corrected chi connectivity index (χ4v) is 0. The van der Waals surface area contributed by atoms with E-state index in [0.717, 1.165) is 0 Å². The zero-order chi connectivity index (χ0) is 2.71. The molecule has 0 atom stereocenters. The molecule has 4 nitrogen and oxygen atoms in total. The molecule has 0 aromatic carbocycles. The molecular formula is Ca2O4Si. The second-order valence-corrected chi connectivity index (χ2v) is 0.250. The van der Waals surface area contributed by atoms with Crippen LogP contribution in [0, 0.1) is 0 Å². The topological polar surface area (TPSA) is 91.1 Å². The number of rotatable bonds is 0. The van der Waals surface area contributed by atoms with E-state index >= 15 is 0 Å². The Hall–Kier alpha value is 2.26. The zero-order valence-corrected chi connectivity index (χ0v) is 8.96. The van der Waals surface area contributed by atoms with Gasteiger partial charge in [-0.25, -0.2) is 0 Å². The quantitative estimate of drug-likeness (QED) is 0.411. The average Bonchev–Trinajstić information content (AvgIpc) is 0.918. The molecule has 0 radical (unpaired) electrons. The van der Waals surface area contributed by atoms with E-state index in [0.29, 0.717) is 0 Å². The summed E-state index contributed by atoms with van der Waals surface area (Å²) in [6.07, 6.45) is 0. The molecule has 7 heavy (non-hydrogen) atoms. The second kappa shape index (κ2) is 41.0. The van der Waals surface area contributed by atoms with E-state index in [1.165, 1.54) is 0 Å². The van der Waals surface area contributed by atoms with Crippen LogP contribution < -0.4 is 0 Å². The summed E-state index contributed by atoms with van der Waals surface area (Å²) < 4.78 is 16.8. The van der Waals surface area contributed by atoms with Crippen LogP contribution >= 0.6 is 0 Å². The average molecular weight is 172 g/mol. The van der Waals surface area contributed by atoms with E-state index in [1.54, 1.807) is 0 Å². The van der Waals surface area contributed by atoms with Gasteiger partial charge >= 0.3 is 84.8 Å². The fraction of sp³-hybridized carbons (Fsp3) is 0. The zero-order valence-electron chi connectivity index (χ0n) is 3.55.